The predicted molar refractivity (Wildman–Crippen MR) is 105 cm³/mol. The molecule has 6 heteroatoms. The predicted octanol–water partition coefficient (Wildman–Crippen LogP) is 2.77. The monoisotopic (exact) mass is 375 g/mol. The van der Waals surface area contributed by atoms with Crippen LogP contribution in [0, 0.1) is 12.8 Å². The van der Waals surface area contributed by atoms with Crippen molar-refractivity contribution in [3.63, 3.8) is 0 Å². The molecule has 1 saturated heterocycles. The molecule has 1 aliphatic rings. The number of halogens is 2. The van der Waals surface area contributed by atoms with E-state index in [1.165, 1.54) is 11.1 Å². The largest absolute Gasteiger partial charge is 0.353 e. The van der Waals surface area contributed by atoms with Gasteiger partial charge in [0.15, 0.2) is 0 Å². The van der Waals surface area contributed by atoms with Crippen LogP contribution in [0.3, 0.4) is 0 Å². The van der Waals surface area contributed by atoms with E-state index in [0.717, 1.165) is 39.0 Å². The SMILES string of the molecule is CNCC(C)C(=O)NC1CCN(Cc2ccccc2C)CC1.Cl.Cl. The highest BCUT2D eigenvalue weighted by Gasteiger charge is 2.22. The molecular weight excluding hydrogens is 345 g/mol. The van der Waals surface area contributed by atoms with Crippen molar-refractivity contribution in [2.24, 2.45) is 5.92 Å². The van der Waals surface area contributed by atoms with Gasteiger partial charge in [-0.3, -0.25) is 9.69 Å². The molecule has 0 spiro atoms. The van der Waals surface area contributed by atoms with Crippen molar-refractivity contribution in [1.82, 2.24) is 15.5 Å². The van der Waals surface area contributed by atoms with Crippen molar-refractivity contribution < 1.29 is 4.79 Å². The van der Waals surface area contributed by atoms with Gasteiger partial charge in [-0.25, -0.2) is 0 Å². The molecule has 0 aliphatic carbocycles. The van der Waals surface area contributed by atoms with Gasteiger partial charge in [0.05, 0.1) is 0 Å². The maximum absolute atomic E-state index is 12.1. The third-order valence-electron chi connectivity index (χ3n) is 4.55. The molecule has 1 amide bonds. The maximum Gasteiger partial charge on any atom is 0.224 e. The Labute approximate surface area is 158 Å². The maximum atomic E-state index is 12.1. The zero-order chi connectivity index (χ0) is 15.9. The highest BCUT2D eigenvalue weighted by atomic mass is 35.5. The van der Waals surface area contributed by atoms with Crippen LogP contribution in [0.1, 0.15) is 30.9 Å². The van der Waals surface area contributed by atoms with Crippen LogP contribution in [-0.4, -0.2) is 43.5 Å². The van der Waals surface area contributed by atoms with Crippen LogP contribution in [0.15, 0.2) is 24.3 Å². The van der Waals surface area contributed by atoms with Gasteiger partial charge in [0.2, 0.25) is 5.91 Å². The van der Waals surface area contributed by atoms with Gasteiger partial charge in [0.25, 0.3) is 0 Å². The minimum absolute atomic E-state index is 0. The number of piperidine rings is 1. The van der Waals surface area contributed by atoms with Crippen molar-refractivity contribution in [2.75, 3.05) is 26.7 Å². The summed E-state index contributed by atoms with van der Waals surface area (Å²) in [5, 5.41) is 6.25. The Hall–Kier alpha value is -0.810. The second-order valence-corrected chi connectivity index (χ2v) is 6.44. The van der Waals surface area contributed by atoms with E-state index in [0.29, 0.717) is 6.04 Å². The second-order valence-electron chi connectivity index (χ2n) is 6.44. The lowest BCUT2D eigenvalue weighted by atomic mass is 10.0. The number of rotatable bonds is 6. The van der Waals surface area contributed by atoms with Gasteiger partial charge in [-0.05, 0) is 37.9 Å². The Morgan fingerprint density at radius 1 is 1.25 bits per heavy atom. The first-order chi connectivity index (χ1) is 10.6. The summed E-state index contributed by atoms with van der Waals surface area (Å²) in [5.74, 6) is 0.210. The van der Waals surface area contributed by atoms with E-state index in [-0.39, 0.29) is 36.6 Å². The van der Waals surface area contributed by atoms with Crippen molar-refractivity contribution in [1.29, 1.82) is 0 Å². The molecule has 1 heterocycles. The number of hydrogen-bond acceptors (Lipinski definition) is 3. The molecule has 1 atom stereocenters. The van der Waals surface area contributed by atoms with Crippen molar-refractivity contribution in [3.8, 4) is 0 Å². The second kappa shape index (κ2) is 11.7. The van der Waals surface area contributed by atoms with Crippen LogP contribution in [-0.2, 0) is 11.3 Å². The molecule has 1 aromatic rings. The van der Waals surface area contributed by atoms with E-state index in [1.807, 2.05) is 14.0 Å². The third-order valence-corrected chi connectivity index (χ3v) is 4.55. The van der Waals surface area contributed by atoms with Gasteiger partial charge in [-0.15, -0.1) is 24.8 Å². The Kier molecular flexibility index (Phi) is 11.3. The Morgan fingerprint density at radius 3 is 2.46 bits per heavy atom. The molecule has 2 rings (SSSR count). The number of carbonyl (C=O) groups is 1. The molecular formula is C18H31Cl2N3O. The summed E-state index contributed by atoms with van der Waals surface area (Å²) in [6, 6.07) is 8.92. The standard InChI is InChI=1S/C18H29N3O.2ClH/c1-14-6-4-5-7-16(14)13-21-10-8-17(9-11-21)20-18(22)15(2)12-19-3;;/h4-7,15,17,19H,8-13H2,1-3H3,(H,20,22);2*1H. The summed E-state index contributed by atoms with van der Waals surface area (Å²) < 4.78 is 0. The number of nitrogens with zero attached hydrogens (tertiary/aromatic N) is 1. The van der Waals surface area contributed by atoms with Crippen LogP contribution in [0.25, 0.3) is 0 Å². The quantitative estimate of drug-likeness (QED) is 0.803. The molecule has 1 fully saturated rings. The fourth-order valence-electron chi connectivity index (χ4n) is 3.01. The number of carbonyl (C=O) groups excluding carboxylic acids is 1. The van der Waals surface area contributed by atoms with Gasteiger partial charge in [0, 0.05) is 38.1 Å². The fourth-order valence-corrected chi connectivity index (χ4v) is 3.01. The Morgan fingerprint density at radius 2 is 1.88 bits per heavy atom. The van der Waals surface area contributed by atoms with Gasteiger partial charge >= 0.3 is 0 Å². The van der Waals surface area contributed by atoms with Crippen LogP contribution in [0.5, 0.6) is 0 Å². The number of aryl methyl sites for hydroxylation is 1. The molecule has 2 N–H and O–H groups in total. The summed E-state index contributed by atoms with van der Waals surface area (Å²) in [5.41, 5.74) is 2.77. The summed E-state index contributed by atoms with van der Waals surface area (Å²) in [4.78, 5) is 14.5. The lowest BCUT2D eigenvalue weighted by Crippen LogP contribution is -2.46. The average molecular weight is 376 g/mol. The lowest BCUT2D eigenvalue weighted by molar-refractivity contribution is -0.125. The minimum Gasteiger partial charge on any atom is -0.353 e. The van der Waals surface area contributed by atoms with Gasteiger partial charge in [-0.1, -0.05) is 31.2 Å². The van der Waals surface area contributed by atoms with E-state index < -0.39 is 0 Å². The number of amides is 1. The zero-order valence-electron chi connectivity index (χ0n) is 14.9. The fraction of sp³-hybridized carbons (Fsp3) is 0.611. The molecule has 0 bridgehead atoms. The Balaban J connectivity index is 0.00000264. The highest BCUT2D eigenvalue weighted by molar-refractivity contribution is 5.85. The van der Waals surface area contributed by atoms with Crippen molar-refractivity contribution >= 4 is 30.7 Å². The summed E-state index contributed by atoms with van der Waals surface area (Å²) in [6.07, 6.45) is 2.09. The first-order valence-electron chi connectivity index (χ1n) is 8.32. The topological polar surface area (TPSA) is 44.4 Å². The van der Waals surface area contributed by atoms with Gasteiger partial charge in [0.1, 0.15) is 0 Å². The molecule has 1 unspecified atom stereocenters. The first kappa shape index (κ1) is 23.2. The lowest BCUT2D eigenvalue weighted by Gasteiger charge is -2.33. The molecule has 24 heavy (non-hydrogen) atoms. The zero-order valence-corrected chi connectivity index (χ0v) is 16.5. The number of hydrogen-bond donors (Lipinski definition) is 2. The molecule has 0 aromatic heterocycles. The van der Waals surface area contributed by atoms with E-state index in [4.69, 9.17) is 0 Å². The smallest absolute Gasteiger partial charge is 0.224 e. The Bertz CT molecular complexity index is 491. The number of nitrogens with one attached hydrogen (secondary N) is 2. The summed E-state index contributed by atoms with van der Waals surface area (Å²) in [7, 11) is 1.88. The molecule has 4 nitrogen and oxygen atoms in total. The molecule has 1 aromatic carbocycles. The number of benzene rings is 1. The molecule has 0 saturated carbocycles. The van der Waals surface area contributed by atoms with Crippen molar-refractivity contribution in [3.05, 3.63) is 35.4 Å². The van der Waals surface area contributed by atoms with Crippen molar-refractivity contribution in [2.45, 2.75) is 39.3 Å². The molecule has 138 valence electrons. The van der Waals surface area contributed by atoms with E-state index >= 15 is 0 Å². The summed E-state index contributed by atoms with van der Waals surface area (Å²) >= 11 is 0. The summed E-state index contributed by atoms with van der Waals surface area (Å²) in [6.45, 7) is 8.01. The minimum atomic E-state index is 0. The van der Waals surface area contributed by atoms with E-state index in [1.54, 1.807) is 0 Å². The first-order valence-corrected chi connectivity index (χ1v) is 8.32. The van der Waals surface area contributed by atoms with Crippen LogP contribution in [0.2, 0.25) is 0 Å². The van der Waals surface area contributed by atoms with Gasteiger partial charge in [-0.2, -0.15) is 0 Å². The van der Waals surface area contributed by atoms with E-state index in [2.05, 4.69) is 46.7 Å². The normalized spacial score (nSPS) is 16.6. The molecule has 0 radical (unpaired) electrons. The van der Waals surface area contributed by atoms with Crippen LogP contribution < -0.4 is 10.6 Å². The molecule has 1 aliphatic heterocycles. The highest BCUT2D eigenvalue weighted by Crippen LogP contribution is 2.16. The van der Waals surface area contributed by atoms with Crippen LogP contribution >= 0.6 is 24.8 Å². The van der Waals surface area contributed by atoms with E-state index in [9.17, 15) is 4.79 Å². The third kappa shape index (κ3) is 6.98. The van der Waals surface area contributed by atoms with Crippen LogP contribution in [0.4, 0.5) is 0 Å². The average Bonchev–Trinajstić information content (AvgIpc) is 2.51. The number of likely N-dealkylation sites (tertiary alicyclic amines) is 1. The van der Waals surface area contributed by atoms with Gasteiger partial charge < -0.3 is 10.6 Å².